The SMILES string of the molecule is CC[C@@H](CO)N1C(=O)[C@H]2[C@@H]3C(=O)O[C@@H](c4ccccc4)[C@H](COC)NC(=O)CC/C=C\[C@@H]3O[C@]23C=CCN(c2ccc(N(CC)CC)cc2)C(=O)[C@H]13. The average Bonchev–Trinajstić information content (AvgIpc) is 3.54. The molecule has 0 radical (unpaired) electrons. The number of hydrogen-bond acceptors (Lipinski definition) is 9. The number of aliphatic hydroxyl groups is 1. The van der Waals surface area contributed by atoms with Gasteiger partial charge in [-0.2, -0.15) is 0 Å². The van der Waals surface area contributed by atoms with Crippen LogP contribution in [0.25, 0.3) is 0 Å². The van der Waals surface area contributed by atoms with E-state index in [1.54, 1.807) is 23.1 Å². The number of aliphatic hydroxyl groups excluding tert-OH is 1. The second kappa shape index (κ2) is 16.0. The van der Waals surface area contributed by atoms with Crippen LogP contribution in [0, 0.1) is 11.8 Å². The van der Waals surface area contributed by atoms with Crippen LogP contribution in [-0.2, 0) is 33.4 Å². The van der Waals surface area contributed by atoms with Gasteiger partial charge in [-0.25, -0.2) is 0 Å². The number of rotatable bonds is 10. The standard InChI is InChI=1S/C40H50N4O8/c1-5-27(24-45)44-36-38(48)43(29-20-18-28(19-21-29)42(6-2)7-3)23-13-22-40(36)34(37(44)47)33-31(52-40)16-11-12-17-32(46)41-30(25-50-4)35(51-39(33)49)26-14-9-8-10-15-26/h8-11,13-16,18-22,27,30-31,33-36,45H,5-7,12,17,23-25H2,1-4H3,(H,41,46)/b16-11-/t27-,30-,31-,33+,34+,35-,36-,40+/m0/s1. The van der Waals surface area contributed by atoms with E-state index in [4.69, 9.17) is 14.2 Å². The number of fused-ring (bicyclic) bond motifs is 2. The Morgan fingerprint density at radius 3 is 2.38 bits per heavy atom. The second-order valence-corrected chi connectivity index (χ2v) is 13.7. The fourth-order valence-corrected chi connectivity index (χ4v) is 8.30. The van der Waals surface area contributed by atoms with Crippen LogP contribution in [0.15, 0.2) is 78.9 Å². The smallest absolute Gasteiger partial charge is 0.313 e. The van der Waals surface area contributed by atoms with Gasteiger partial charge >= 0.3 is 5.97 Å². The summed E-state index contributed by atoms with van der Waals surface area (Å²) in [6, 6.07) is 14.3. The van der Waals surface area contributed by atoms with Gasteiger partial charge in [0.15, 0.2) is 0 Å². The molecule has 8 atom stereocenters. The van der Waals surface area contributed by atoms with E-state index in [2.05, 4.69) is 24.1 Å². The van der Waals surface area contributed by atoms with Crippen LogP contribution < -0.4 is 15.1 Å². The fourth-order valence-electron chi connectivity index (χ4n) is 8.30. The minimum atomic E-state index is -1.53. The molecule has 2 fully saturated rings. The van der Waals surface area contributed by atoms with Crippen molar-refractivity contribution in [2.75, 3.05) is 49.8 Å². The molecule has 4 aliphatic heterocycles. The van der Waals surface area contributed by atoms with E-state index in [0.717, 1.165) is 18.8 Å². The minimum absolute atomic E-state index is 0.0683. The molecule has 52 heavy (non-hydrogen) atoms. The zero-order valence-electron chi connectivity index (χ0n) is 30.4. The number of anilines is 2. The number of amides is 3. The summed E-state index contributed by atoms with van der Waals surface area (Å²) >= 11 is 0. The molecule has 2 N–H and O–H groups in total. The number of nitrogens with one attached hydrogen (secondary N) is 1. The molecule has 0 aliphatic carbocycles. The number of nitrogens with zero attached hydrogens (tertiary/aromatic N) is 3. The second-order valence-electron chi connectivity index (χ2n) is 13.7. The van der Waals surface area contributed by atoms with E-state index in [1.807, 2.05) is 67.6 Å². The number of allylic oxidation sites excluding steroid dienone is 1. The summed E-state index contributed by atoms with van der Waals surface area (Å²) in [5.74, 6) is -4.00. The van der Waals surface area contributed by atoms with Crippen LogP contribution in [0.2, 0.25) is 0 Å². The van der Waals surface area contributed by atoms with Crippen molar-refractivity contribution in [2.45, 2.75) is 76.0 Å². The van der Waals surface area contributed by atoms with Crippen molar-refractivity contribution in [3.63, 3.8) is 0 Å². The first kappa shape index (κ1) is 37.2. The molecule has 4 aliphatic rings. The summed E-state index contributed by atoms with van der Waals surface area (Å²) in [7, 11) is 1.51. The normalized spacial score (nSPS) is 30.2. The molecule has 0 unspecified atom stereocenters. The van der Waals surface area contributed by atoms with Crippen molar-refractivity contribution in [1.82, 2.24) is 10.2 Å². The molecule has 1 spiro atoms. The maximum atomic E-state index is 14.9. The van der Waals surface area contributed by atoms with Gasteiger partial charge in [0.25, 0.3) is 5.91 Å². The molecule has 6 rings (SSSR count). The highest BCUT2D eigenvalue weighted by molar-refractivity contribution is 6.05. The third kappa shape index (κ3) is 6.75. The van der Waals surface area contributed by atoms with Gasteiger partial charge < -0.3 is 39.3 Å². The Morgan fingerprint density at radius 2 is 1.73 bits per heavy atom. The van der Waals surface area contributed by atoms with E-state index in [0.29, 0.717) is 24.1 Å². The monoisotopic (exact) mass is 714 g/mol. The van der Waals surface area contributed by atoms with Crippen molar-refractivity contribution in [2.24, 2.45) is 11.8 Å². The molecular formula is C40H50N4O8. The van der Waals surface area contributed by atoms with E-state index >= 15 is 0 Å². The van der Waals surface area contributed by atoms with Gasteiger partial charge in [0.05, 0.1) is 37.3 Å². The van der Waals surface area contributed by atoms with Gasteiger partial charge in [-0.1, -0.05) is 61.6 Å². The number of carbonyl (C=O) groups is 4. The Bertz CT molecular complexity index is 1660. The summed E-state index contributed by atoms with van der Waals surface area (Å²) in [5.41, 5.74) is 0.802. The highest BCUT2D eigenvalue weighted by atomic mass is 16.6. The topological polar surface area (TPSA) is 138 Å². The zero-order chi connectivity index (χ0) is 37.0. The van der Waals surface area contributed by atoms with Crippen LogP contribution in [0.3, 0.4) is 0 Å². The molecule has 0 aromatic heterocycles. The molecule has 0 saturated carbocycles. The van der Waals surface area contributed by atoms with Gasteiger partial charge in [0.2, 0.25) is 11.8 Å². The quantitative estimate of drug-likeness (QED) is 0.280. The van der Waals surface area contributed by atoms with E-state index in [1.165, 1.54) is 12.0 Å². The van der Waals surface area contributed by atoms with Gasteiger partial charge in [-0.15, -0.1) is 0 Å². The fraction of sp³-hybridized carbons (Fsp3) is 0.500. The van der Waals surface area contributed by atoms with Crippen LogP contribution in [-0.4, -0.2) is 103 Å². The van der Waals surface area contributed by atoms with Crippen LogP contribution >= 0.6 is 0 Å². The predicted octanol–water partition coefficient (Wildman–Crippen LogP) is 3.55. The number of hydrogen-bond donors (Lipinski definition) is 2. The molecule has 0 bridgehead atoms. The maximum absolute atomic E-state index is 14.9. The molecule has 278 valence electrons. The highest BCUT2D eigenvalue weighted by Gasteiger charge is 2.72. The summed E-state index contributed by atoms with van der Waals surface area (Å²) in [6.07, 6.45) is 6.11. The van der Waals surface area contributed by atoms with Gasteiger partial charge in [-0.05, 0) is 56.5 Å². The number of methoxy groups -OCH3 is 1. The molecule has 2 aromatic carbocycles. The third-order valence-corrected chi connectivity index (χ3v) is 10.9. The van der Waals surface area contributed by atoms with Gasteiger partial charge in [0.1, 0.15) is 23.7 Å². The van der Waals surface area contributed by atoms with Gasteiger partial charge in [0, 0.05) is 44.5 Å². The van der Waals surface area contributed by atoms with Crippen LogP contribution in [0.4, 0.5) is 11.4 Å². The lowest BCUT2D eigenvalue weighted by Gasteiger charge is -2.38. The number of likely N-dealkylation sites (tertiary alicyclic amines) is 1. The third-order valence-electron chi connectivity index (χ3n) is 10.9. The lowest BCUT2D eigenvalue weighted by Crippen LogP contribution is -2.58. The molecule has 4 heterocycles. The lowest BCUT2D eigenvalue weighted by atomic mass is 9.77. The largest absolute Gasteiger partial charge is 0.455 e. The maximum Gasteiger partial charge on any atom is 0.313 e. The number of carbonyl (C=O) groups excluding carboxylic acids is 4. The summed E-state index contributed by atoms with van der Waals surface area (Å²) in [4.78, 5) is 62.8. The molecule has 12 nitrogen and oxygen atoms in total. The first-order chi connectivity index (χ1) is 25.2. The van der Waals surface area contributed by atoms with Crippen LogP contribution in [0.1, 0.15) is 51.7 Å². The first-order valence-electron chi connectivity index (χ1n) is 18.4. The first-order valence-corrected chi connectivity index (χ1v) is 18.4. The minimum Gasteiger partial charge on any atom is -0.455 e. The summed E-state index contributed by atoms with van der Waals surface area (Å²) in [6.45, 7) is 7.62. The van der Waals surface area contributed by atoms with Crippen LogP contribution in [0.5, 0.6) is 0 Å². The molecule has 3 amide bonds. The van der Waals surface area contributed by atoms with Crippen molar-refractivity contribution in [3.8, 4) is 0 Å². The average molecular weight is 715 g/mol. The Balaban J connectivity index is 1.43. The van der Waals surface area contributed by atoms with Crippen molar-refractivity contribution >= 4 is 35.1 Å². The van der Waals surface area contributed by atoms with Crippen molar-refractivity contribution in [3.05, 3.63) is 84.5 Å². The summed E-state index contributed by atoms with van der Waals surface area (Å²) in [5, 5.41) is 13.5. The number of cyclic esters (lactones) is 1. The molecule has 2 saturated heterocycles. The lowest BCUT2D eigenvalue weighted by molar-refractivity contribution is -0.162. The van der Waals surface area contributed by atoms with E-state index < -0.39 is 59.6 Å². The Hall–Kier alpha value is -4.52. The predicted molar refractivity (Wildman–Crippen MR) is 195 cm³/mol. The van der Waals surface area contributed by atoms with Gasteiger partial charge in [-0.3, -0.25) is 19.2 Å². The molecule has 12 heteroatoms. The Labute approximate surface area is 305 Å². The zero-order valence-corrected chi connectivity index (χ0v) is 30.4. The van der Waals surface area contributed by atoms with Crippen molar-refractivity contribution < 1.29 is 38.5 Å². The number of benzene rings is 2. The highest BCUT2D eigenvalue weighted by Crippen LogP contribution is 2.54. The van der Waals surface area contributed by atoms with Crippen molar-refractivity contribution in [1.29, 1.82) is 0 Å². The summed E-state index contributed by atoms with van der Waals surface area (Å²) < 4.78 is 18.6. The van der Waals surface area contributed by atoms with E-state index in [9.17, 15) is 24.3 Å². The Kier molecular flexibility index (Phi) is 11.5. The number of esters is 1. The molecular weight excluding hydrogens is 664 g/mol. The van der Waals surface area contributed by atoms with E-state index in [-0.39, 0.29) is 38.0 Å². The molecule has 2 aromatic rings. The Morgan fingerprint density at radius 1 is 1.00 bits per heavy atom. The number of ether oxygens (including phenoxy) is 3.